The SMILES string of the molecule is CC1(C)CC1C(O)c1ccc(Cl)s1. The van der Waals surface area contributed by atoms with Gasteiger partial charge in [-0.1, -0.05) is 25.4 Å². The molecule has 0 aliphatic heterocycles. The lowest BCUT2D eigenvalue weighted by Gasteiger charge is -2.09. The molecular weight excluding hydrogens is 204 g/mol. The standard InChI is InChI=1S/C10H13ClOS/c1-10(2)5-6(10)9(12)7-3-4-8(11)13-7/h3-4,6,9,12H,5H2,1-2H3. The molecular formula is C10H13ClOS. The summed E-state index contributed by atoms with van der Waals surface area (Å²) in [5.41, 5.74) is 0.315. The second-order valence-corrected chi connectivity index (χ2v) is 6.13. The third-order valence-corrected chi connectivity index (χ3v) is 4.16. The summed E-state index contributed by atoms with van der Waals surface area (Å²) >= 11 is 7.29. The van der Waals surface area contributed by atoms with E-state index in [1.807, 2.05) is 12.1 Å². The van der Waals surface area contributed by atoms with E-state index >= 15 is 0 Å². The highest BCUT2D eigenvalue weighted by atomic mass is 35.5. The van der Waals surface area contributed by atoms with Gasteiger partial charge in [0.05, 0.1) is 10.4 Å². The van der Waals surface area contributed by atoms with Gasteiger partial charge in [-0.3, -0.25) is 0 Å². The van der Waals surface area contributed by atoms with Crippen molar-refractivity contribution < 1.29 is 5.11 Å². The van der Waals surface area contributed by atoms with Crippen LogP contribution in [0.15, 0.2) is 12.1 Å². The average molecular weight is 217 g/mol. The van der Waals surface area contributed by atoms with E-state index in [1.54, 1.807) is 0 Å². The van der Waals surface area contributed by atoms with Crippen LogP contribution in [0.3, 0.4) is 0 Å². The van der Waals surface area contributed by atoms with Crippen molar-refractivity contribution in [2.45, 2.75) is 26.4 Å². The van der Waals surface area contributed by atoms with Gasteiger partial charge in [-0.25, -0.2) is 0 Å². The smallest absolute Gasteiger partial charge is 0.0932 e. The van der Waals surface area contributed by atoms with E-state index < -0.39 is 0 Å². The molecule has 72 valence electrons. The molecule has 1 aliphatic carbocycles. The predicted molar refractivity (Wildman–Crippen MR) is 56.2 cm³/mol. The van der Waals surface area contributed by atoms with Crippen LogP contribution in [0.1, 0.15) is 31.2 Å². The molecule has 0 aromatic carbocycles. The minimum Gasteiger partial charge on any atom is -0.387 e. The fraction of sp³-hybridized carbons (Fsp3) is 0.600. The van der Waals surface area contributed by atoms with Crippen LogP contribution < -0.4 is 0 Å². The first-order valence-corrected chi connectivity index (χ1v) is 5.63. The first kappa shape index (κ1) is 9.50. The van der Waals surface area contributed by atoms with Crippen molar-refractivity contribution in [1.29, 1.82) is 0 Å². The summed E-state index contributed by atoms with van der Waals surface area (Å²) in [6.07, 6.45) is 0.802. The molecule has 2 atom stereocenters. The Labute approximate surface area is 87.4 Å². The molecule has 1 heterocycles. The number of thiophene rings is 1. The van der Waals surface area contributed by atoms with Gasteiger partial charge in [0.15, 0.2) is 0 Å². The molecule has 0 saturated heterocycles. The zero-order valence-corrected chi connectivity index (χ0v) is 9.32. The van der Waals surface area contributed by atoms with Crippen molar-refractivity contribution in [3.63, 3.8) is 0 Å². The third-order valence-electron chi connectivity index (χ3n) is 2.86. The highest BCUT2D eigenvalue weighted by molar-refractivity contribution is 7.16. The van der Waals surface area contributed by atoms with Gasteiger partial charge in [0, 0.05) is 4.88 Å². The van der Waals surface area contributed by atoms with E-state index in [-0.39, 0.29) is 6.10 Å². The highest BCUT2D eigenvalue weighted by Crippen LogP contribution is 2.58. The first-order chi connectivity index (χ1) is 6.00. The van der Waals surface area contributed by atoms with Crippen LogP contribution in [-0.4, -0.2) is 5.11 Å². The van der Waals surface area contributed by atoms with Crippen LogP contribution >= 0.6 is 22.9 Å². The number of rotatable bonds is 2. The summed E-state index contributed by atoms with van der Waals surface area (Å²) in [5, 5.41) is 9.96. The van der Waals surface area contributed by atoms with E-state index in [0.717, 1.165) is 15.6 Å². The summed E-state index contributed by atoms with van der Waals surface area (Å²) < 4.78 is 0.757. The molecule has 1 fully saturated rings. The molecule has 1 N–H and O–H groups in total. The molecule has 0 amide bonds. The fourth-order valence-corrected chi connectivity index (χ4v) is 2.84. The Hall–Kier alpha value is -0.0500. The van der Waals surface area contributed by atoms with Crippen LogP contribution in [0.25, 0.3) is 0 Å². The van der Waals surface area contributed by atoms with E-state index in [1.165, 1.54) is 11.3 Å². The van der Waals surface area contributed by atoms with Gasteiger partial charge in [-0.15, -0.1) is 11.3 Å². The predicted octanol–water partition coefficient (Wildman–Crippen LogP) is 3.48. The largest absolute Gasteiger partial charge is 0.387 e. The zero-order chi connectivity index (χ0) is 9.64. The molecule has 1 aromatic rings. The van der Waals surface area contributed by atoms with Crippen LogP contribution in [-0.2, 0) is 0 Å². The summed E-state index contributed by atoms with van der Waals surface area (Å²) in [6.45, 7) is 4.38. The molecule has 1 saturated carbocycles. The maximum Gasteiger partial charge on any atom is 0.0932 e. The molecule has 0 bridgehead atoms. The topological polar surface area (TPSA) is 20.2 Å². The van der Waals surface area contributed by atoms with Gasteiger partial charge < -0.3 is 5.11 Å². The minimum atomic E-state index is -0.313. The molecule has 2 unspecified atom stereocenters. The minimum absolute atomic E-state index is 0.313. The molecule has 13 heavy (non-hydrogen) atoms. The Bertz CT molecular complexity index is 318. The first-order valence-electron chi connectivity index (χ1n) is 4.44. The number of hydrogen-bond donors (Lipinski definition) is 1. The average Bonchev–Trinajstić information content (AvgIpc) is 2.47. The van der Waals surface area contributed by atoms with Gasteiger partial charge in [-0.2, -0.15) is 0 Å². The summed E-state index contributed by atoms with van der Waals surface area (Å²) in [7, 11) is 0. The van der Waals surface area contributed by atoms with E-state index in [2.05, 4.69) is 13.8 Å². The third kappa shape index (κ3) is 1.76. The van der Waals surface area contributed by atoms with Crippen LogP contribution in [0.4, 0.5) is 0 Å². The van der Waals surface area contributed by atoms with Crippen LogP contribution in [0.2, 0.25) is 4.34 Å². The van der Waals surface area contributed by atoms with E-state index in [0.29, 0.717) is 11.3 Å². The molecule has 3 heteroatoms. The second kappa shape index (κ2) is 2.97. The molecule has 1 nitrogen and oxygen atoms in total. The van der Waals surface area contributed by atoms with Gasteiger partial charge >= 0.3 is 0 Å². The van der Waals surface area contributed by atoms with E-state index in [4.69, 9.17) is 11.6 Å². The Morgan fingerprint density at radius 1 is 1.62 bits per heavy atom. The lowest BCUT2D eigenvalue weighted by Crippen LogP contribution is -2.02. The van der Waals surface area contributed by atoms with E-state index in [9.17, 15) is 5.11 Å². The second-order valence-electron chi connectivity index (χ2n) is 4.39. The Balaban J connectivity index is 2.11. The van der Waals surface area contributed by atoms with Crippen molar-refractivity contribution in [2.24, 2.45) is 11.3 Å². The summed E-state index contributed by atoms with van der Waals surface area (Å²) in [5.74, 6) is 0.419. The van der Waals surface area contributed by atoms with Crippen molar-refractivity contribution in [2.75, 3.05) is 0 Å². The maximum absolute atomic E-state index is 9.96. The quantitative estimate of drug-likeness (QED) is 0.803. The Morgan fingerprint density at radius 3 is 2.62 bits per heavy atom. The summed E-state index contributed by atoms with van der Waals surface area (Å²) in [4.78, 5) is 1.00. The van der Waals surface area contributed by atoms with Crippen LogP contribution in [0, 0.1) is 11.3 Å². The molecule has 0 radical (unpaired) electrons. The number of hydrogen-bond acceptors (Lipinski definition) is 2. The lowest BCUT2D eigenvalue weighted by molar-refractivity contribution is 0.142. The molecule has 2 rings (SSSR count). The Kier molecular flexibility index (Phi) is 2.17. The van der Waals surface area contributed by atoms with Gasteiger partial charge in [-0.05, 0) is 29.9 Å². The van der Waals surface area contributed by atoms with Crippen molar-refractivity contribution in [1.82, 2.24) is 0 Å². The van der Waals surface area contributed by atoms with Gasteiger partial charge in [0.1, 0.15) is 0 Å². The molecule has 0 spiro atoms. The van der Waals surface area contributed by atoms with Gasteiger partial charge in [0.25, 0.3) is 0 Å². The van der Waals surface area contributed by atoms with Crippen molar-refractivity contribution >= 4 is 22.9 Å². The fourth-order valence-electron chi connectivity index (χ4n) is 1.73. The lowest BCUT2D eigenvalue weighted by atomic mass is 10.1. The Morgan fingerprint density at radius 2 is 2.23 bits per heavy atom. The van der Waals surface area contributed by atoms with Crippen molar-refractivity contribution in [3.05, 3.63) is 21.3 Å². The highest BCUT2D eigenvalue weighted by Gasteiger charge is 2.50. The summed E-state index contributed by atoms with van der Waals surface area (Å²) in [6, 6.07) is 3.77. The van der Waals surface area contributed by atoms with Gasteiger partial charge in [0.2, 0.25) is 0 Å². The number of aliphatic hydroxyl groups is 1. The molecule has 1 aromatic heterocycles. The van der Waals surface area contributed by atoms with Crippen molar-refractivity contribution in [3.8, 4) is 0 Å². The number of halogens is 1. The molecule has 1 aliphatic rings. The monoisotopic (exact) mass is 216 g/mol. The zero-order valence-electron chi connectivity index (χ0n) is 7.75. The number of aliphatic hydroxyl groups excluding tert-OH is 1. The van der Waals surface area contributed by atoms with Crippen LogP contribution in [0.5, 0.6) is 0 Å². The normalized spacial score (nSPS) is 27.2. The maximum atomic E-state index is 9.96.